The maximum Gasteiger partial charge on any atom is 0.336 e. The average Bonchev–Trinajstić information content (AvgIpc) is 1.90. The zero-order valence-electron chi connectivity index (χ0n) is 54.7. The molecule has 0 atom stereocenters. The van der Waals surface area contributed by atoms with Crippen molar-refractivity contribution in [3.05, 3.63) is 188 Å². The van der Waals surface area contributed by atoms with E-state index in [4.69, 9.17) is 14.2 Å². The summed E-state index contributed by atoms with van der Waals surface area (Å²) in [5, 5.41) is 32.1. The molecule has 0 radical (unpaired) electrons. The Morgan fingerprint density at radius 3 is 0.580 bits per heavy atom. The van der Waals surface area contributed by atoms with Gasteiger partial charge in [0.2, 0.25) is 0 Å². The molecule has 3 N–H and O–H groups in total. The van der Waals surface area contributed by atoms with Crippen LogP contribution in [0.3, 0.4) is 0 Å². The van der Waals surface area contributed by atoms with Crippen molar-refractivity contribution in [3.8, 4) is 51.7 Å². The highest BCUT2D eigenvalue weighted by Crippen LogP contribution is 2.47. The predicted octanol–water partition coefficient (Wildman–Crippen LogP) is 19.0. The van der Waals surface area contributed by atoms with Gasteiger partial charge in [-0.1, -0.05) is 154 Å². The first-order chi connectivity index (χ1) is 38.4. The van der Waals surface area contributed by atoms with Crippen molar-refractivity contribution in [2.24, 2.45) is 0 Å². The number of aromatic nitrogens is 3. The minimum absolute atomic E-state index is 0. The van der Waals surface area contributed by atoms with Crippen LogP contribution in [-0.4, -0.2) is 29.0 Å². The topological polar surface area (TPSA) is 154 Å². The average molecular weight is 1210 g/mol. The summed E-state index contributed by atoms with van der Waals surface area (Å²) in [6, 6.07) is 22.9. The third-order valence-electron chi connectivity index (χ3n) is 15.8. The quantitative estimate of drug-likeness (QED) is 0.108. The van der Waals surface area contributed by atoms with Crippen LogP contribution >= 0.6 is 0 Å². The molecule has 6 aromatic carbocycles. The van der Waals surface area contributed by atoms with E-state index in [1.54, 1.807) is 0 Å². The van der Waals surface area contributed by atoms with Crippen molar-refractivity contribution in [2.75, 3.05) is 0 Å². The fraction of sp³-hybridized carbons (Fsp3) is 0.487. The molecule has 0 saturated heterocycles. The monoisotopic (exact) mass is 1210 g/mol. The molecule has 0 bridgehead atoms. The Balaban J connectivity index is 0.00000506. The van der Waals surface area contributed by atoms with Crippen LogP contribution < -0.4 is 31.3 Å². The Kier molecular flexibility index (Phi) is 22.4. The van der Waals surface area contributed by atoms with Crippen molar-refractivity contribution in [2.45, 2.75) is 248 Å². The van der Waals surface area contributed by atoms with Gasteiger partial charge >= 0.3 is 17.1 Å². The fourth-order valence-electron chi connectivity index (χ4n) is 10.9. The zero-order chi connectivity index (χ0) is 63.0. The number of rotatable bonds is 12. The van der Waals surface area contributed by atoms with E-state index in [2.05, 4.69) is 125 Å². The Hall–Kier alpha value is -7.47. The lowest BCUT2D eigenvalue weighted by Gasteiger charge is -2.31. The number of benzene rings is 6. The second-order valence-corrected chi connectivity index (χ2v) is 29.7. The minimum Gasteiger partial charge on any atom is -0.507 e. The van der Waals surface area contributed by atoms with Gasteiger partial charge in [-0.3, -0.25) is 0 Å². The van der Waals surface area contributed by atoms with Gasteiger partial charge in [0, 0.05) is 33.4 Å². The second-order valence-electron chi connectivity index (χ2n) is 29.7. The van der Waals surface area contributed by atoms with Crippen LogP contribution in [0.1, 0.15) is 238 Å². The molecule has 0 aliphatic heterocycles. The molecule has 482 valence electrons. The van der Waals surface area contributed by atoms with E-state index < -0.39 is 49.6 Å². The molecule has 12 nitrogen and oxygen atoms in total. The maximum atomic E-state index is 15.6. The number of aryl methyl sites for hydroxylation is 6. The maximum absolute atomic E-state index is 15.6. The van der Waals surface area contributed by atoms with Crippen molar-refractivity contribution in [1.82, 2.24) is 13.7 Å². The fourth-order valence-corrected chi connectivity index (χ4v) is 10.9. The van der Waals surface area contributed by atoms with Crippen LogP contribution in [0.15, 0.2) is 87.2 Å². The van der Waals surface area contributed by atoms with Crippen LogP contribution in [0.4, 0.5) is 0 Å². The summed E-state index contributed by atoms with van der Waals surface area (Å²) in [5.74, 6) is 4.29. The summed E-state index contributed by atoms with van der Waals surface area (Å²) in [4.78, 5) is 46.8. The zero-order valence-corrected chi connectivity index (χ0v) is 54.7. The van der Waals surface area contributed by atoms with E-state index >= 15 is 14.4 Å². The molecule has 0 amide bonds. The lowest BCUT2D eigenvalue weighted by atomic mass is 9.78. The summed E-state index contributed by atoms with van der Waals surface area (Å²) >= 11 is 0. The van der Waals surface area contributed by atoms with E-state index in [9.17, 15) is 15.3 Å². The molecule has 88 heavy (non-hydrogen) atoms. The predicted molar refractivity (Wildman–Crippen MR) is 368 cm³/mol. The molecule has 0 fully saturated rings. The Bertz CT molecular complexity index is 3290. The third kappa shape index (κ3) is 15.9. The van der Waals surface area contributed by atoms with Crippen LogP contribution in [0, 0.1) is 41.5 Å². The van der Waals surface area contributed by atoms with E-state index in [0.29, 0.717) is 84.6 Å². The molecule has 0 saturated carbocycles. The number of phenols is 3. The van der Waals surface area contributed by atoms with Gasteiger partial charge in [0.05, 0.1) is 19.6 Å². The summed E-state index contributed by atoms with van der Waals surface area (Å²) in [5.41, 5.74) is 5.98. The van der Waals surface area contributed by atoms with E-state index in [1.807, 2.05) is 114 Å². The van der Waals surface area contributed by atoms with Gasteiger partial charge in [-0.05, 0) is 197 Å². The van der Waals surface area contributed by atoms with Crippen molar-refractivity contribution in [3.63, 3.8) is 0 Å². The number of hydrogen-bond donors (Lipinski definition) is 3. The molecule has 12 heteroatoms. The molecule has 0 spiro atoms. The first kappa shape index (κ1) is 74.8. The van der Waals surface area contributed by atoms with Crippen LogP contribution in [0.25, 0.3) is 0 Å². The molecule has 0 aliphatic carbocycles. The second kappa shape index (κ2) is 26.3. The Morgan fingerprint density at radius 2 is 0.443 bits per heavy atom. The number of hydrogen-bond acceptors (Lipinski definition) is 9. The van der Waals surface area contributed by atoms with Gasteiger partial charge in [0.1, 0.15) is 51.7 Å². The number of ether oxygens (including phenoxy) is 3. The Morgan fingerprint density at radius 1 is 0.295 bits per heavy atom. The number of nitrogens with zero attached hydrogens (tertiary/aromatic N) is 3. The van der Waals surface area contributed by atoms with E-state index in [1.165, 1.54) is 13.7 Å². The van der Waals surface area contributed by atoms with Gasteiger partial charge in [-0.15, -0.1) is 0 Å². The molecule has 7 aromatic rings. The third-order valence-corrected chi connectivity index (χ3v) is 15.8. The van der Waals surface area contributed by atoms with Gasteiger partial charge in [-0.2, -0.15) is 0 Å². The molecule has 7 rings (SSSR count). The van der Waals surface area contributed by atoms with Gasteiger partial charge < -0.3 is 29.5 Å². The normalized spacial score (nSPS) is 12.1. The largest absolute Gasteiger partial charge is 0.507 e. The summed E-state index contributed by atoms with van der Waals surface area (Å²) < 4.78 is 24.2. The van der Waals surface area contributed by atoms with Gasteiger partial charge in [-0.25, -0.2) is 28.1 Å². The van der Waals surface area contributed by atoms with E-state index in [-0.39, 0.29) is 66.6 Å². The number of aromatic hydroxyl groups is 3. The van der Waals surface area contributed by atoms with Crippen molar-refractivity contribution >= 4 is 0 Å². The highest BCUT2D eigenvalue weighted by Gasteiger charge is 2.34. The lowest BCUT2D eigenvalue weighted by molar-refractivity contribution is 0.426. The first-order valence-electron chi connectivity index (χ1n) is 29.3. The lowest BCUT2D eigenvalue weighted by Crippen LogP contribution is -2.55. The van der Waals surface area contributed by atoms with Crippen molar-refractivity contribution in [1.29, 1.82) is 0 Å². The molecule has 1 aromatic heterocycles. The molecule has 0 aliphatic rings. The molecular formula is C76H109N3O9. The van der Waals surface area contributed by atoms with Gasteiger partial charge in [0.15, 0.2) is 0 Å². The molecule has 0 unspecified atom stereocenters. The van der Waals surface area contributed by atoms with Crippen LogP contribution in [0.2, 0.25) is 0 Å². The first-order valence-corrected chi connectivity index (χ1v) is 29.3. The SMILES string of the molecule is C.C.C.C.Cc1cc(Oc2c(C(C)(C)C)cc(Cn3c(=O)n(Cc4cc(C(C)(C)C)c(Oc5cc(C)c(O)c(C)c5)c(C(C)(C)C)c4)c(=O)n(Cc4cc(C(C)(C)C)c(Oc5cc(C)c(O)c(C)c5)c(C(C)(C)C)c4)c3=O)cc2C(C)(C)C)cc(C)c1O. The summed E-state index contributed by atoms with van der Waals surface area (Å²) in [6.45, 7) is 48.3. The van der Waals surface area contributed by atoms with Gasteiger partial charge in [0.25, 0.3) is 0 Å². The molecule has 1 heterocycles. The highest BCUT2D eigenvalue weighted by atomic mass is 16.5. The summed E-state index contributed by atoms with van der Waals surface area (Å²) in [6.07, 6.45) is 0. The minimum atomic E-state index is -0.759. The molecular weight excluding hydrogens is 1100 g/mol. The highest BCUT2D eigenvalue weighted by molar-refractivity contribution is 5.58. The van der Waals surface area contributed by atoms with E-state index in [0.717, 1.165) is 33.4 Å². The van der Waals surface area contributed by atoms with Crippen molar-refractivity contribution < 1.29 is 29.5 Å². The standard InChI is InChI=1S/C72H93N3O9.4CH4/c1-40-25-49(26-41(2)58(40)76)82-61-52(67(7,8)9)31-46(32-53(61)68(10,11)12)37-73-64(79)74(38-47-33-54(69(13,14)15)62(55(34-47)70(16,17)18)83-50-27-42(3)59(77)43(4)28-50)66(81)75(65(73)80)39-48-35-56(71(19,20)21)63(57(36-48)72(22,23)24)84-51-29-44(5)60(78)45(6)30-51;;;;/h25-36,76-78H,37-39H2,1-24H3;4*1H4. The Labute approximate surface area is 528 Å². The van der Waals surface area contributed by atoms with Crippen LogP contribution in [0.5, 0.6) is 51.7 Å². The summed E-state index contributed by atoms with van der Waals surface area (Å²) in [7, 11) is 0. The smallest absolute Gasteiger partial charge is 0.336 e. The number of phenolic OH excluding ortho intramolecular Hbond substituents is 3. The van der Waals surface area contributed by atoms with Crippen LogP contribution in [-0.2, 0) is 52.1 Å².